The van der Waals surface area contributed by atoms with Gasteiger partial charge in [-0.05, 0) is 37.6 Å². The number of amides is 1. The van der Waals surface area contributed by atoms with E-state index in [9.17, 15) is 23.3 Å². The molecular weight excluding hydrogens is 408 g/mol. The SMILES string of the molecule is CCN(CC)c1ccc(CNC(=O)CN(c2cccc([N+](=O)[O-])c2)S(C)(=O)=O)cc1. The molecule has 0 bridgehead atoms. The second-order valence-corrected chi connectivity index (χ2v) is 8.57. The van der Waals surface area contributed by atoms with Crippen molar-refractivity contribution in [3.8, 4) is 0 Å². The highest BCUT2D eigenvalue weighted by molar-refractivity contribution is 7.92. The van der Waals surface area contributed by atoms with Crippen LogP contribution >= 0.6 is 0 Å². The molecule has 2 aromatic carbocycles. The zero-order chi connectivity index (χ0) is 22.3. The van der Waals surface area contributed by atoms with Crippen molar-refractivity contribution in [1.82, 2.24) is 5.32 Å². The Hall–Kier alpha value is -3.14. The van der Waals surface area contributed by atoms with Crippen molar-refractivity contribution >= 4 is 33.0 Å². The van der Waals surface area contributed by atoms with Crippen LogP contribution in [-0.2, 0) is 21.4 Å². The first-order valence-electron chi connectivity index (χ1n) is 9.48. The first-order valence-corrected chi connectivity index (χ1v) is 11.3. The number of hydrogen-bond donors (Lipinski definition) is 1. The van der Waals surface area contributed by atoms with E-state index in [0.717, 1.165) is 41.0 Å². The topological polar surface area (TPSA) is 113 Å². The van der Waals surface area contributed by atoms with Crippen LogP contribution in [-0.4, -0.2) is 45.1 Å². The summed E-state index contributed by atoms with van der Waals surface area (Å²) in [7, 11) is -3.82. The van der Waals surface area contributed by atoms with Crippen LogP contribution in [0.2, 0.25) is 0 Å². The predicted molar refractivity (Wildman–Crippen MR) is 117 cm³/mol. The number of anilines is 2. The summed E-state index contributed by atoms with van der Waals surface area (Å²) in [4.78, 5) is 24.9. The normalized spacial score (nSPS) is 11.0. The van der Waals surface area contributed by atoms with Crippen molar-refractivity contribution in [3.05, 3.63) is 64.2 Å². The molecule has 162 valence electrons. The van der Waals surface area contributed by atoms with E-state index < -0.39 is 27.4 Å². The zero-order valence-electron chi connectivity index (χ0n) is 17.2. The Labute approximate surface area is 176 Å². The van der Waals surface area contributed by atoms with Gasteiger partial charge in [-0.1, -0.05) is 18.2 Å². The molecule has 1 amide bonds. The highest BCUT2D eigenvalue weighted by atomic mass is 32.2. The summed E-state index contributed by atoms with van der Waals surface area (Å²) < 4.78 is 25.2. The van der Waals surface area contributed by atoms with Crippen molar-refractivity contribution in [1.29, 1.82) is 0 Å². The smallest absolute Gasteiger partial charge is 0.271 e. The number of nitro groups is 1. The molecule has 0 radical (unpaired) electrons. The molecule has 1 N–H and O–H groups in total. The van der Waals surface area contributed by atoms with E-state index in [1.165, 1.54) is 18.2 Å². The molecule has 10 heteroatoms. The van der Waals surface area contributed by atoms with Crippen LogP contribution < -0.4 is 14.5 Å². The van der Waals surface area contributed by atoms with Gasteiger partial charge in [-0.3, -0.25) is 19.2 Å². The molecule has 0 aliphatic carbocycles. The summed E-state index contributed by atoms with van der Waals surface area (Å²) in [5.74, 6) is -0.514. The molecule has 9 nitrogen and oxygen atoms in total. The van der Waals surface area contributed by atoms with Gasteiger partial charge in [0.25, 0.3) is 5.69 Å². The van der Waals surface area contributed by atoms with Gasteiger partial charge in [0.15, 0.2) is 0 Å². The molecule has 0 heterocycles. The van der Waals surface area contributed by atoms with Crippen molar-refractivity contribution in [2.45, 2.75) is 20.4 Å². The van der Waals surface area contributed by atoms with Gasteiger partial charge in [-0.15, -0.1) is 0 Å². The Morgan fingerprint density at radius 1 is 1.07 bits per heavy atom. The van der Waals surface area contributed by atoms with E-state index in [4.69, 9.17) is 0 Å². The van der Waals surface area contributed by atoms with Gasteiger partial charge in [0.2, 0.25) is 15.9 Å². The van der Waals surface area contributed by atoms with Crippen LogP contribution in [0.3, 0.4) is 0 Å². The Morgan fingerprint density at radius 3 is 2.23 bits per heavy atom. The lowest BCUT2D eigenvalue weighted by Crippen LogP contribution is -2.40. The van der Waals surface area contributed by atoms with Gasteiger partial charge in [-0.2, -0.15) is 0 Å². The lowest BCUT2D eigenvalue weighted by atomic mass is 10.2. The van der Waals surface area contributed by atoms with Crippen LogP contribution in [0.4, 0.5) is 17.1 Å². The van der Waals surface area contributed by atoms with Crippen LogP contribution in [0.15, 0.2) is 48.5 Å². The van der Waals surface area contributed by atoms with Crippen molar-refractivity contribution in [3.63, 3.8) is 0 Å². The van der Waals surface area contributed by atoms with E-state index in [0.29, 0.717) is 0 Å². The number of non-ortho nitro benzene ring substituents is 1. The van der Waals surface area contributed by atoms with Gasteiger partial charge in [-0.25, -0.2) is 8.42 Å². The van der Waals surface area contributed by atoms with E-state index in [2.05, 4.69) is 24.1 Å². The summed E-state index contributed by atoms with van der Waals surface area (Å²) in [5, 5.41) is 13.7. The van der Waals surface area contributed by atoms with Crippen LogP contribution in [0.25, 0.3) is 0 Å². The van der Waals surface area contributed by atoms with E-state index >= 15 is 0 Å². The highest BCUT2D eigenvalue weighted by Crippen LogP contribution is 2.23. The van der Waals surface area contributed by atoms with E-state index in [1.54, 1.807) is 0 Å². The number of nitro benzene ring substituents is 1. The first-order chi connectivity index (χ1) is 14.2. The quantitative estimate of drug-likeness (QED) is 0.454. The number of rotatable bonds is 10. The average Bonchev–Trinajstić information content (AvgIpc) is 2.71. The fourth-order valence-corrected chi connectivity index (χ4v) is 3.81. The van der Waals surface area contributed by atoms with Crippen molar-refractivity contribution in [2.75, 3.05) is 35.1 Å². The van der Waals surface area contributed by atoms with Gasteiger partial charge in [0.05, 0.1) is 16.9 Å². The van der Waals surface area contributed by atoms with E-state index in [1.807, 2.05) is 24.3 Å². The van der Waals surface area contributed by atoms with Gasteiger partial charge < -0.3 is 10.2 Å². The Kier molecular flexibility index (Phi) is 7.76. The standard InChI is InChI=1S/C20H26N4O5S/c1-4-22(5-2)17-11-9-16(10-12-17)14-21-20(25)15-23(30(3,28)29)18-7-6-8-19(13-18)24(26)27/h6-13H,4-5,14-15H2,1-3H3,(H,21,25). The maximum atomic E-state index is 12.4. The molecule has 0 aliphatic heterocycles. The molecule has 0 saturated carbocycles. The van der Waals surface area contributed by atoms with Crippen LogP contribution in [0.5, 0.6) is 0 Å². The van der Waals surface area contributed by atoms with Crippen molar-refractivity contribution in [2.24, 2.45) is 0 Å². The summed E-state index contributed by atoms with van der Waals surface area (Å²) in [6.45, 7) is 5.71. The molecule has 2 rings (SSSR count). The average molecular weight is 435 g/mol. The third-order valence-electron chi connectivity index (χ3n) is 4.57. The fourth-order valence-electron chi connectivity index (χ4n) is 2.96. The second kappa shape index (κ2) is 10.1. The van der Waals surface area contributed by atoms with Crippen molar-refractivity contribution < 1.29 is 18.1 Å². The minimum Gasteiger partial charge on any atom is -0.372 e. The minimum absolute atomic E-state index is 0.0606. The molecule has 0 unspecified atom stereocenters. The third kappa shape index (κ3) is 6.18. The monoisotopic (exact) mass is 434 g/mol. The van der Waals surface area contributed by atoms with Crippen LogP contribution in [0, 0.1) is 10.1 Å². The number of carbonyl (C=O) groups is 1. The summed E-state index contributed by atoms with van der Waals surface area (Å²) >= 11 is 0. The Bertz CT molecular complexity index is 989. The molecular formula is C20H26N4O5S. The van der Waals surface area contributed by atoms with Gasteiger partial charge >= 0.3 is 0 Å². The maximum absolute atomic E-state index is 12.4. The lowest BCUT2D eigenvalue weighted by molar-refractivity contribution is -0.384. The maximum Gasteiger partial charge on any atom is 0.271 e. The highest BCUT2D eigenvalue weighted by Gasteiger charge is 2.22. The number of benzene rings is 2. The number of hydrogen-bond acceptors (Lipinski definition) is 6. The largest absolute Gasteiger partial charge is 0.372 e. The predicted octanol–water partition coefficient (Wildman–Crippen LogP) is 2.52. The first kappa shape index (κ1) is 23.1. The summed E-state index contributed by atoms with van der Waals surface area (Å²) in [5.41, 5.74) is 1.77. The molecule has 0 atom stereocenters. The van der Waals surface area contributed by atoms with E-state index in [-0.39, 0.29) is 17.9 Å². The van der Waals surface area contributed by atoms with Crippen LogP contribution in [0.1, 0.15) is 19.4 Å². The molecule has 30 heavy (non-hydrogen) atoms. The molecule has 2 aromatic rings. The number of carbonyl (C=O) groups excluding carboxylic acids is 1. The van der Waals surface area contributed by atoms with Gasteiger partial charge in [0, 0.05) is 37.5 Å². The molecule has 0 fully saturated rings. The Balaban J connectivity index is 2.07. The summed E-state index contributed by atoms with van der Waals surface area (Å²) in [6, 6.07) is 12.9. The van der Waals surface area contributed by atoms with Gasteiger partial charge in [0.1, 0.15) is 6.54 Å². The minimum atomic E-state index is -3.82. The summed E-state index contributed by atoms with van der Waals surface area (Å²) in [6.07, 6.45) is 0.949. The molecule has 0 spiro atoms. The second-order valence-electron chi connectivity index (χ2n) is 6.66. The molecule has 0 aliphatic rings. The number of sulfonamides is 1. The molecule has 0 aromatic heterocycles. The molecule has 0 saturated heterocycles. The number of nitrogens with zero attached hydrogens (tertiary/aromatic N) is 3. The lowest BCUT2D eigenvalue weighted by Gasteiger charge is -2.22. The third-order valence-corrected chi connectivity index (χ3v) is 5.71. The number of nitrogens with one attached hydrogen (secondary N) is 1. The zero-order valence-corrected chi connectivity index (χ0v) is 18.1. The Morgan fingerprint density at radius 2 is 1.70 bits per heavy atom. The fraction of sp³-hybridized carbons (Fsp3) is 0.350.